The van der Waals surface area contributed by atoms with Crippen LogP contribution in [0.15, 0.2) is 36.4 Å². The first-order valence-electron chi connectivity index (χ1n) is 8.08. The van der Waals surface area contributed by atoms with Crippen molar-refractivity contribution in [2.75, 3.05) is 0 Å². The third-order valence-corrected chi connectivity index (χ3v) is 5.70. The van der Waals surface area contributed by atoms with Crippen molar-refractivity contribution in [3.63, 3.8) is 0 Å². The second-order valence-electron chi connectivity index (χ2n) is 6.70. The molecule has 2 aromatic rings. The van der Waals surface area contributed by atoms with E-state index in [1.54, 1.807) is 12.1 Å². The Labute approximate surface area is 135 Å². The Bertz CT molecular complexity index is 724. The topological polar surface area (TPSA) is 26.3 Å². The molecule has 2 fully saturated rings. The van der Waals surface area contributed by atoms with Crippen LogP contribution in [-0.2, 0) is 4.79 Å². The van der Waals surface area contributed by atoms with E-state index < -0.39 is 0 Å². The summed E-state index contributed by atoms with van der Waals surface area (Å²) >= 11 is 6.21. The van der Waals surface area contributed by atoms with Crippen LogP contribution in [0, 0.1) is 17.8 Å². The molecule has 0 aromatic heterocycles. The molecule has 2 nitrogen and oxygen atoms in total. The van der Waals surface area contributed by atoms with Gasteiger partial charge < -0.3 is 4.74 Å². The number of carbonyl (C=O) groups is 1. The maximum atomic E-state index is 12.3. The predicted molar refractivity (Wildman–Crippen MR) is 88.1 cm³/mol. The number of esters is 1. The Balaban J connectivity index is 1.51. The lowest BCUT2D eigenvalue weighted by Crippen LogP contribution is -2.18. The molecule has 0 radical (unpaired) electrons. The normalized spacial score (nSPS) is 26.5. The Morgan fingerprint density at radius 3 is 2.64 bits per heavy atom. The lowest BCUT2D eigenvalue weighted by molar-refractivity contribution is -0.135. The third kappa shape index (κ3) is 2.50. The monoisotopic (exact) mass is 314 g/mol. The van der Waals surface area contributed by atoms with Gasteiger partial charge in [-0.3, -0.25) is 4.79 Å². The van der Waals surface area contributed by atoms with E-state index >= 15 is 0 Å². The summed E-state index contributed by atoms with van der Waals surface area (Å²) in [5, 5.41) is 2.51. The highest BCUT2D eigenvalue weighted by Crippen LogP contribution is 2.49. The number of halogens is 1. The van der Waals surface area contributed by atoms with Gasteiger partial charge in [0.2, 0.25) is 0 Å². The van der Waals surface area contributed by atoms with Gasteiger partial charge in [0.15, 0.2) is 0 Å². The quantitative estimate of drug-likeness (QED) is 0.573. The zero-order valence-corrected chi connectivity index (χ0v) is 13.2. The number of ether oxygens (including phenoxy) is 1. The highest BCUT2D eigenvalue weighted by atomic mass is 35.5. The van der Waals surface area contributed by atoms with E-state index in [0.717, 1.165) is 22.6 Å². The van der Waals surface area contributed by atoms with E-state index in [1.165, 1.54) is 25.7 Å². The number of rotatable bonds is 3. The van der Waals surface area contributed by atoms with Gasteiger partial charge in [0.05, 0.1) is 0 Å². The summed E-state index contributed by atoms with van der Waals surface area (Å²) in [6, 6.07) is 11.4. The Morgan fingerprint density at radius 1 is 1.09 bits per heavy atom. The lowest BCUT2D eigenvalue weighted by atomic mass is 9.86. The molecule has 2 aliphatic rings. The van der Waals surface area contributed by atoms with Crippen LogP contribution in [0.3, 0.4) is 0 Å². The van der Waals surface area contributed by atoms with Crippen molar-refractivity contribution in [3.05, 3.63) is 41.4 Å². The van der Waals surface area contributed by atoms with Gasteiger partial charge in [-0.1, -0.05) is 42.3 Å². The molecule has 0 aliphatic heterocycles. The standard InChI is InChI=1S/C19H19ClO2/c20-17-7-8-18(16-4-2-1-3-15(16)17)22-19(21)11-14-10-12-5-6-13(14)9-12/h1-4,7-8,12-14H,5-6,9-11H2/t12-,13+,14+/m0/s1. The van der Waals surface area contributed by atoms with E-state index in [0.29, 0.717) is 23.1 Å². The van der Waals surface area contributed by atoms with E-state index in [-0.39, 0.29) is 5.97 Å². The van der Waals surface area contributed by atoms with Gasteiger partial charge in [-0.05, 0) is 49.1 Å². The van der Waals surface area contributed by atoms with Crippen molar-refractivity contribution >= 4 is 28.3 Å². The molecular weight excluding hydrogens is 296 g/mol. The fraction of sp³-hybridized carbons (Fsp3) is 0.421. The summed E-state index contributed by atoms with van der Waals surface area (Å²) in [5.41, 5.74) is 0. The van der Waals surface area contributed by atoms with Crippen LogP contribution in [0.1, 0.15) is 32.1 Å². The highest BCUT2D eigenvalue weighted by Gasteiger charge is 2.40. The van der Waals surface area contributed by atoms with Gasteiger partial charge in [-0.2, -0.15) is 0 Å². The Morgan fingerprint density at radius 2 is 1.91 bits per heavy atom. The Kier molecular flexibility index (Phi) is 3.57. The van der Waals surface area contributed by atoms with E-state index in [1.807, 2.05) is 24.3 Å². The number of hydrogen-bond donors (Lipinski definition) is 0. The largest absolute Gasteiger partial charge is 0.426 e. The molecule has 22 heavy (non-hydrogen) atoms. The third-order valence-electron chi connectivity index (χ3n) is 5.37. The second kappa shape index (κ2) is 5.58. The van der Waals surface area contributed by atoms with Gasteiger partial charge in [0, 0.05) is 22.2 Å². The first-order chi connectivity index (χ1) is 10.7. The van der Waals surface area contributed by atoms with Crippen molar-refractivity contribution in [3.8, 4) is 5.75 Å². The zero-order chi connectivity index (χ0) is 15.1. The summed E-state index contributed by atoms with van der Waals surface area (Å²) in [4.78, 5) is 12.3. The van der Waals surface area contributed by atoms with Crippen molar-refractivity contribution < 1.29 is 9.53 Å². The van der Waals surface area contributed by atoms with Gasteiger partial charge in [0.25, 0.3) is 0 Å². The number of fused-ring (bicyclic) bond motifs is 3. The molecule has 114 valence electrons. The fourth-order valence-electron chi connectivity index (χ4n) is 4.33. The molecule has 0 N–H and O–H groups in total. The predicted octanol–water partition coefficient (Wildman–Crippen LogP) is 5.22. The molecule has 0 unspecified atom stereocenters. The molecule has 2 aromatic carbocycles. The van der Waals surface area contributed by atoms with Crippen molar-refractivity contribution in [1.29, 1.82) is 0 Å². The molecule has 0 amide bonds. The summed E-state index contributed by atoms with van der Waals surface area (Å²) in [7, 11) is 0. The van der Waals surface area contributed by atoms with Crippen molar-refractivity contribution in [2.45, 2.75) is 32.1 Å². The molecule has 2 saturated carbocycles. The molecule has 3 heteroatoms. The highest BCUT2D eigenvalue weighted by molar-refractivity contribution is 6.35. The maximum absolute atomic E-state index is 12.3. The van der Waals surface area contributed by atoms with Crippen molar-refractivity contribution in [2.24, 2.45) is 17.8 Å². The van der Waals surface area contributed by atoms with Crippen LogP contribution in [0.4, 0.5) is 0 Å². The number of hydrogen-bond acceptors (Lipinski definition) is 2. The molecule has 0 spiro atoms. The minimum Gasteiger partial charge on any atom is -0.426 e. The number of benzene rings is 2. The van der Waals surface area contributed by atoms with Gasteiger partial charge in [-0.15, -0.1) is 0 Å². The molecule has 2 bridgehead atoms. The molecular formula is C19H19ClO2. The van der Waals surface area contributed by atoms with Gasteiger partial charge in [0.1, 0.15) is 5.75 Å². The first-order valence-corrected chi connectivity index (χ1v) is 8.46. The van der Waals surface area contributed by atoms with Crippen LogP contribution >= 0.6 is 11.6 Å². The average Bonchev–Trinajstić information content (AvgIpc) is 3.13. The Hall–Kier alpha value is -1.54. The minimum atomic E-state index is -0.106. The van der Waals surface area contributed by atoms with Crippen LogP contribution < -0.4 is 4.74 Å². The summed E-state index contributed by atoms with van der Waals surface area (Å²) in [6.07, 6.45) is 5.74. The molecule has 0 heterocycles. The summed E-state index contributed by atoms with van der Waals surface area (Å²) in [5.74, 6) is 2.65. The molecule has 4 rings (SSSR count). The van der Waals surface area contributed by atoms with E-state index in [9.17, 15) is 4.79 Å². The molecule has 0 saturated heterocycles. The smallest absolute Gasteiger partial charge is 0.311 e. The van der Waals surface area contributed by atoms with E-state index in [4.69, 9.17) is 16.3 Å². The fourth-order valence-corrected chi connectivity index (χ4v) is 4.56. The second-order valence-corrected chi connectivity index (χ2v) is 7.11. The molecule has 2 aliphatic carbocycles. The van der Waals surface area contributed by atoms with Crippen LogP contribution in [0.5, 0.6) is 5.75 Å². The maximum Gasteiger partial charge on any atom is 0.311 e. The summed E-state index contributed by atoms with van der Waals surface area (Å²) in [6.45, 7) is 0. The average molecular weight is 315 g/mol. The van der Waals surface area contributed by atoms with E-state index in [2.05, 4.69) is 0 Å². The first kappa shape index (κ1) is 14.1. The zero-order valence-electron chi connectivity index (χ0n) is 12.4. The lowest BCUT2D eigenvalue weighted by Gasteiger charge is -2.20. The SMILES string of the molecule is O=C(C[C@H]1C[C@H]2CC[C@@H]1C2)Oc1ccc(Cl)c2ccccc12. The molecule has 3 atom stereocenters. The van der Waals surface area contributed by atoms with Gasteiger partial charge in [-0.25, -0.2) is 0 Å². The number of carbonyl (C=O) groups excluding carboxylic acids is 1. The van der Waals surface area contributed by atoms with Crippen LogP contribution in [0.2, 0.25) is 5.02 Å². The summed E-state index contributed by atoms with van der Waals surface area (Å²) < 4.78 is 5.65. The van der Waals surface area contributed by atoms with Crippen LogP contribution in [-0.4, -0.2) is 5.97 Å². The van der Waals surface area contributed by atoms with Crippen LogP contribution in [0.25, 0.3) is 10.8 Å². The minimum absolute atomic E-state index is 0.106. The van der Waals surface area contributed by atoms with Crippen molar-refractivity contribution in [1.82, 2.24) is 0 Å². The van der Waals surface area contributed by atoms with Gasteiger partial charge >= 0.3 is 5.97 Å².